The van der Waals surface area contributed by atoms with Crippen LogP contribution in [0.15, 0.2) is 11.6 Å². The van der Waals surface area contributed by atoms with Crippen molar-refractivity contribution in [2.24, 2.45) is 46.3 Å². The smallest absolute Gasteiger partial charge is 0.306 e. The lowest BCUT2D eigenvalue weighted by molar-refractivity contribution is -0.193. The second-order valence-corrected chi connectivity index (χ2v) is 15.7. The Bertz CT molecular complexity index is 989. The van der Waals surface area contributed by atoms with E-state index in [4.69, 9.17) is 9.47 Å². The fourth-order valence-electron chi connectivity index (χ4n) is 11.7. The van der Waals surface area contributed by atoms with Crippen LogP contribution in [0, 0.1) is 46.3 Å². The van der Waals surface area contributed by atoms with E-state index < -0.39 is 0 Å². The first-order valence-electron chi connectivity index (χ1n) is 17.5. The fourth-order valence-corrected chi connectivity index (χ4v) is 11.7. The molecule has 6 fully saturated rings. The van der Waals surface area contributed by atoms with Crippen molar-refractivity contribution in [3.63, 3.8) is 0 Å². The molecule has 0 saturated heterocycles. The number of esters is 2. The summed E-state index contributed by atoms with van der Waals surface area (Å²) in [5, 5.41) is 0. The Labute approximate surface area is 242 Å². The number of ether oxygens (including phenoxy) is 2. The van der Waals surface area contributed by atoms with Crippen molar-refractivity contribution in [2.75, 3.05) is 0 Å². The lowest BCUT2D eigenvalue weighted by Crippen LogP contribution is -2.59. The molecule has 0 aromatic heterocycles. The Hall–Kier alpha value is -1.32. The second kappa shape index (κ2) is 11.1. The second-order valence-electron chi connectivity index (χ2n) is 15.7. The predicted octanol–water partition coefficient (Wildman–Crippen LogP) is 8.71. The van der Waals surface area contributed by atoms with Crippen LogP contribution in [0.3, 0.4) is 0 Å². The van der Waals surface area contributed by atoms with Gasteiger partial charge in [0.05, 0.1) is 0 Å². The lowest BCUT2D eigenvalue weighted by atomic mass is 9.43. The third kappa shape index (κ3) is 4.89. The van der Waals surface area contributed by atoms with E-state index in [0.29, 0.717) is 24.2 Å². The summed E-state index contributed by atoms with van der Waals surface area (Å²) in [6, 6.07) is 0. The number of hydrogen-bond acceptors (Lipinski definition) is 4. The summed E-state index contributed by atoms with van der Waals surface area (Å²) in [5.41, 5.74) is 2.33. The summed E-state index contributed by atoms with van der Waals surface area (Å²) in [4.78, 5) is 25.4. The van der Waals surface area contributed by atoms with E-state index in [1.54, 1.807) is 5.57 Å². The van der Waals surface area contributed by atoms with Crippen LogP contribution in [0.25, 0.3) is 0 Å². The van der Waals surface area contributed by atoms with Gasteiger partial charge in [-0.05, 0) is 105 Å². The Morgan fingerprint density at radius 1 is 0.775 bits per heavy atom. The summed E-state index contributed by atoms with van der Waals surface area (Å²) in [6.07, 6.45) is 27.6. The minimum atomic E-state index is 0.0465. The van der Waals surface area contributed by atoms with E-state index in [1.807, 2.05) is 0 Å². The van der Waals surface area contributed by atoms with Gasteiger partial charge in [-0.15, -0.1) is 0 Å². The van der Waals surface area contributed by atoms with Gasteiger partial charge in [-0.3, -0.25) is 9.59 Å². The highest BCUT2D eigenvalue weighted by molar-refractivity contribution is 5.70. The van der Waals surface area contributed by atoms with Crippen LogP contribution in [0.5, 0.6) is 0 Å². The molecule has 0 bridgehead atoms. The summed E-state index contributed by atoms with van der Waals surface area (Å²) in [6.45, 7) is 2.55. The molecule has 1 spiro atoms. The number of rotatable bonds is 8. The first-order valence-corrected chi connectivity index (χ1v) is 17.5. The Morgan fingerprint density at radius 3 is 2.12 bits per heavy atom. The Kier molecular flexibility index (Phi) is 7.61. The maximum absolute atomic E-state index is 12.7. The van der Waals surface area contributed by atoms with E-state index in [1.165, 1.54) is 89.9 Å². The average molecular weight is 551 g/mol. The predicted molar refractivity (Wildman–Crippen MR) is 156 cm³/mol. The van der Waals surface area contributed by atoms with E-state index >= 15 is 0 Å². The van der Waals surface area contributed by atoms with Gasteiger partial charge in [-0.2, -0.15) is 0 Å². The molecule has 0 N–H and O–H groups in total. The van der Waals surface area contributed by atoms with E-state index in [-0.39, 0.29) is 29.6 Å². The van der Waals surface area contributed by atoms with Crippen LogP contribution in [0.2, 0.25) is 0 Å². The van der Waals surface area contributed by atoms with Crippen LogP contribution in [-0.4, -0.2) is 24.1 Å². The van der Waals surface area contributed by atoms with Crippen molar-refractivity contribution in [3.8, 4) is 0 Å². The molecule has 40 heavy (non-hydrogen) atoms. The van der Waals surface area contributed by atoms with Gasteiger partial charge in [0.2, 0.25) is 0 Å². The molecule has 8 unspecified atom stereocenters. The van der Waals surface area contributed by atoms with Crippen LogP contribution in [-0.2, 0) is 19.1 Å². The first-order chi connectivity index (χ1) is 19.4. The molecule has 0 aliphatic heterocycles. The van der Waals surface area contributed by atoms with Crippen LogP contribution in [0.1, 0.15) is 142 Å². The molecular weight excluding hydrogens is 496 g/mol. The Morgan fingerprint density at radius 2 is 1.43 bits per heavy atom. The molecule has 6 saturated carbocycles. The number of hydrogen-bond donors (Lipinski definition) is 0. The van der Waals surface area contributed by atoms with Gasteiger partial charge in [-0.25, -0.2) is 0 Å². The number of carbonyl (C=O) groups is 2. The minimum absolute atomic E-state index is 0.0465. The van der Waals surface area contributed by atoms with Crippen molar-refractivity contribution in [1.82, 2.24) is 0 Å². The molecule has 0 aromatic carbocycles. The molecule has 8 atom stereocenters. The van der Waals surface area contributed by atoms with Crippen molar-refractivity contribution >= 4 is 11.9 Å². The monoisotopic (exact) mass is 550 g/mol. The van der Waals surface area contributed by atoms with Crippen molar-refractivity contribution in [2.45, 2.75) is 154 Å². The average Bonchev–Trinajstić information content (AvgIpc) is 3.70. The van der Waals surface area contributed by atoms with Gasteiger partial charge in [0.1, 0.15) is 12.2 Å². The molecule has 0 heterocycles. The fraction of sp³-hybridized carbons (Fsp3) is 0.889. The highest BCUT2D eigenvalue weighted by Crippen LogP contribution is 2.72. The normalized spacial score (nSPS) is 42.7. The van der Waals surface area contributed by atoms with Crippen molar-refractivity contribution in [1.29, 1.82) is 0 Å². The number of allylic oxidation sites excluding steroid dienone is 1. The molecule has 222 valence electrons. The van der Waals surface area contributed by atoms with Gasteiger partial charge in [0.15, 0.2) is 0 Å². The van der Waals surface area contributed by atoms with Gasteiger partial charge < -0.3 is 9.47 Å². The van der Waals surface area contributed by atoms with Crippen LogP contribution >= 0.6 is 0 Å². The molecular formula is C36H54O4. The lowest BCUT2D eigenvalue weighted by Gasteiger charge is -2.63. The summed E-state index contributed by atoms with van der Waals surface area (Å²) < 4.78 is 12.2. The highest BCUT2D eigenvalue weighted by Gasteiger charge is 2.67. The van der Waals surface area contributed by atoms with Gasteiger partial charge >= 0.3 is 11.9 Å². The third-order valence-corrected chi connectivity index (χ3v) is 13.9. The van der Waals surface area contributed by atoms with Gasteiger partial charge in [0.25, 0.3) is 0 Å². The zero-order chi connectivity index (χ0) is 27.3. The van der Waals surface area contributed by atoms with Crippen LogP contribution in [0.4, 0.5) is 0 Å². The molecule has 0 aromatic rings. The molecule has 4 nitrogen and oxygen atoms in total. The van der Waals surface area contributed by atoms with E-state index in [0.717, 1.165) is 61.7 Å². The standard InChI is InChI=1S/C36H54O4/c1-35-20-18-27(39-33(37)16-10-24-6-2-3-7-24)22-26(35)12-13-28-29(35)19-21-36-23-32(31(36)15-14-30(28)36)40-34(38)17-11-25-8-4-5-9-25/h12,24-25,27-32H,2-11,13-23H2,1H3. The van der Waals surface area contributed by atoms with Gasteiger partial charge in [0, 0.05) is 25.2 Å². The van der Waals surface area contributed by atoms with E-state index in [2.05, 4.69) is 13.0 Å². The van der Waals surface area contributed by atoms with Crippen LogP contribution < -0.4 is 0 Å². The number of fused-ring (bicyclic) bond motifs is 4. The minimum Gasteiger partial charge on any atom is -0.462 e. The largest absolute Gasteiger partial charge is 0.462 e. The maximum atomic E-state index is 12.7. The maximum Gasteiger partial charge on any atom is 0.306 e. The molecule has 7 rings (SSSR count). The van der Waals surface area contributed by atoms with Gasteiger partial charge in [-0.1, -0.05) is 69.9 Å². The molecule has 0 radical (unpaired) electrons. The molecule has 7 aliphatic rings. The zero-order valence-corrected chi connectivity index (χ0v) is 25.2. The third-order valence-electron chi connectivity index (χ3n) is 13.9. The Balaban J connectivity index is 0.931. The SMILES string of the molecule is CC12CCC(OC(=O)CCC3CCCC3)CC1=CCC1C2CCC23CC(OC(=O)CCC4CCCC4)C2CCC13. The number of carbonyl (C=O) groups excluding carboxylic acids is 2. The van der Waals surface area contributed by atoms with Crippen molar-refractivity contribution in [3.05, 3.63) is 11.6 Å². The molecule has 4 heteroatoms. The first kappa shape index (κ1) is 27.5. The topological polar surface area (TPSA) is 52.6 Å². The molecule has 7 aliphatic carbocycles. The quantitative estimate of drug-likeness (QED) is 0.224. The summed E-state index contributed by atoms with van der Waals surface area (Å²) in [7, 11) is 0. The highest BCUT2D eigenvalue weighted by atomic mass is 16.5. The molecule has 0 amide bonds. The van der Waals surface area contributed by atoms with E-state index in [9.17, 15) is 9.59 Å². The zero-order valence-electron chi connectivity index (χ0n) is 25.2. The van der Waals surface area contributed by atoms with Crippen molar-refractivity contribution < 1.29 is 19.1 Å². The summed E-state index contributed by atoms with van der Waals surface area (Å²) in [5.74, 6) is 4.64. The summed E-state index contributed by atoms with van der Waals surface area (Å²) >= 11 is 0.